The molecule has 2 rings (SSSR count). The van der Waals surface area contributed by atoms with E-state index in [4.69, 9.17) is 13.8 Å². The van der Waals surface area contributed by atoms with Gasteiger partial charge in [0, 0.05) is 12.8 Å². The Balaban J connectivity index is 2.49. The summed E-state index contributed by atoms with van der Waals surface area (Å²) in [5.74, 6) is 0.289. The summed E-state index contributed by atoms with van der Waals surface area (Å²) in [4.78, 5) is 11.1. The van der Waals surface area contributed by atoms with Crippen LogP contribution >= 0.6 is 0 Å². The van der Waals surface area contributed by atoms with Crippen LogP contribution in [-0.2, 0) is 17.6 Å². The van der Waals surface area contributed by atoms with Crippen LogP contribution in [0, 0.1) is 13.8 Å². The zero-order valence-electron chi connectivity index (χ0n) is 7.34. The first-order valence-electron chi connectivity index (χ1n) is 4.35. The van der Waals surface area contributed by atoms with Crippen LogP contribution in [0.1, 0.15) is 28.7 Å². The Bertz CT molecular complexity index is 364. The van der Waals surface area contributed by atoms with E-state index in [1.54, 1.807) is 0 Å². The summed E-state index contributed by atoms with van der Waals surface area (Å²) in [6, 6.07) is 3.71. The molecule has 64 valence electrons. The second-order valence-electron chi connectivity index (χ2n) is 3.47. The Morgan fingerprint density at radius 3 is 2.31 bits per heavy atom. The average molecular weight is 170 g/mol. The fourth-order valence-corrected chi connectivity index (χ4v) is 1.70. The van der Waals surface area contributed by atoms with E-state index in [1.165, 1.54) is 5.56 Å². The van der Waals surface area contributed by atoms with Gasteiger partial charge in [0.15, 0.2) is 0 Å². The molecule has 13 heavy (non-hydrogen) atoms. The number of carbonyl (C=O) groups excluding carboxylic acids is 1. The largest absolute Gasteiger partial charge is 0.299 e. The highest BCUT2D eigenvalue weighted by atomic mass is 16.1. The Kier molecular flexibility index (Phi) is 1.95. The van der Waals surface area contributed by atoms with Gasteiger partial charge in [0.25, 0.3) is 0 Å². The maximum Gasteiger partial charge on any atom is 0.137 e. The van der Waals surface area contributed by atoms with E-state index in [0.717, 1.165) is 12.0 Å². The van der Waals surface area contributed by atoms with Crippen molar-refractivity contribution in [1.82, 2.24) is 0 Å². The maximum absolute atomic E-state index is 11.1. The molecule has 0 atom stereocenters. The van der Waals surface area contributed by atoms with Crippen molar-refractivity contribution in [3.05, 3.63) is 48.2 Å². The number of carbonyl (C=O) groups is 1. The molecule has 1 aliphatic carbocycles. The van der Waals surface area contributed by atoms with Crippen molar-refractivity contribution in [3.8, 4) is 0 Å². The topological polar surface area (TPSA) is 17.1 Å². The van der Waals surface area contributed by atoms with E-state index < -0.39 is 0 Å². The lowest BCUT2D eigenvalue weighted by molar-refractivity contribution is -0.118. The highest BCUT2D eigenvalue weighted by molar-refractivity contribution is 5.83. The van der Waals surface area contributed by atoms with Gasteiger partial charge in [-0.05, 0) is 42.5 Å². The van der Waals surface area contributed by atoms with Crippen LogP contribution in [0.15, 0.2) is 12.1 Å². The lowest BCUT2D eigenvalue weighted by Crippen LogP contribution is -2.13. The molecule has 0 bridgehead atoms. The van der Waals surface area contributed by atoms with Crippen LogP contribution in [0.2, 0.25) is 0 Å². The molecule has 0 amide bonds. The number of hydrogen-bond acceptors (Lipinski definition) is 1. The molecule has 4 radical (unpaired) electrons. The fraction of sp³-hybridized carbons (Fsp3) is 0.250. The molecule has 0 N–H and O–H groups in total. The van der Waals surface area contributed by atoms with Gasteiger partial charge in [-0.2, -0.15) is 0 Å². The fourth-order valence-electron chi connectivity index (χ4n) is 1.70. The molecule has 0 unspecified atom stereocenters. The molecule has 1 nitrogen and oxygen atoms in total. The summed E-state index contributed by atoms with van der Waals surface area (Å²) >= 11 is 0. The molecule has 1 aliphatic rings. The molecule has 0 saturated carbocycles. The van der Waals surface area contributed by atoms with Crippen molar-refractivity contribution in [3.63, 3.8) is 0 Å². The Morgan fingerprint density at radius 2 is 1.62 bits per heavy atom. The predicted molar refractivity (Wildman–Crippen MR) is 50.3 cm³/mol. The van der Waals surface area contributed by atoms with Crippen LogP contribution in [0.4, 0.5) is 0 Å². The monoisotopic (exact) mass is 170 g/mol. The van der Waals surface area contributed by atoms with E-state index >= 15 is 0 Å². The van der Waals surface area contributed by atoms with Gasteiger partial charge in [0.05, 0.1) is 0 Å². The summed E-state index contributed by atoms with van der Waals surface area (Å²) in [6.07, 6.45) is 1.95. The molecule has 0 aromatic heterocycles. The third kappa shape index (κ3) is 1.51. The SMILES string of the molecule is [CH]c1cc2c(cc1[CH])CC(=O)CC2. The molecular formula is C12H10O. The molecule has 0 heterocycles. The van der Waals surface area contributed by atoms with Gasteiger partial charge in [-0.1, -0.05) is 12.1 Å². The van der Waals surface area contributed by atoms with Crippen molar-refractivity contribution in [2.24, 2.45) is 0 Å². The third-order valence-electron chi connectivity index (χ3n) is 2.47. The standard InChI is InChI=1S/C12H10O/c1-8-5-10-3-4-12(13)7-11(10)6-9(8)2/h1-2,5-6H,3-4,7H2. The minimum Gasteiger partial charge on any atom is -0.299 e. The lowest BCUT2D eigenvalue weighted by Gasteiger charge is -2.16. The van der Waals surface area contributed by atoms with Crippen molar-refractivity contribution in [2.75, 3.05) is 0 Å². The second kappa shape index (κ2) is 2.99. The number of Topliss-reactive ketones (excluding diaryl/α,β-unsaturated/α-hetero) is 1. The zero-order valence-corrected chi connectivity index (χ0v) is 7.34. The Labute approximate surface area is 78.8 Å². The first-order valence-corrected chi connectivity index (χ1v) is 4.35. The minimum absolute atomic E-state index is 0.289. The van der Waals surface area contributed by atoms with Gasteiger partial charge in [0.1, 0.15) is 5.78 Å². The van der Waals surface area contributed by atoms with Gasteiger partial charge >= 0.3 is 0 Å². The second-order valence-corrected chi connectivity index (χ2v) is 3.47. The molecule has 1 heteroatoms. The predicted octanol–water partition coefficient (Wildman–Crippen LogP) is 1.86. The van der Waals surface area contributed by atoms with Gasteiger partial charge in [-0.15, -0.1) is 0 Å². The summed E-state index contributed by atoms with van der Waals surface area (Å²) in [6.45, 7) is 11.3. The number of benzene rings is 1. The van der Waals surface area contributed by atoms with Crippen LogP contribution < -0.4 is 0 Å². The first kappa shape index (κ1) is 8.49. The number of hydrogen-bond donors (Lipinski definition) is 0. The van der Waals surface area contributed by atoms with Gasteiger partial charge in [-0.3, -0.25) is 4.79 Å². The normalized spacial score (nSPS) is 15.7. The van der Waals surface area contributed by atoms with E-state index in [2.05, 4.69) is 0 Å². The van der Waals surface area contributed by atoms with E-state index in [1.807, 2.05) is 12.1 Å². The smallest absolute Gasteiger partial charge is 0.137 e. The Hall–Kier alpha value is -1.11. The number of rotatable bonds is 0. The number of ketones is 1. The zero-order chi connectivity index (χ0) is 9.42. The average Bonchev–Trinajstić information content (AvgIpc) is 2.08. The summed E-state index contributed by atoms with van der Waals surface area (Å²) in [5, 5.41) is 0. The number of fused-ring (bicyclic) bond motifs is 1. The van der Waals surface area contributed by atoms with Crippen LogP contribution in [0.25, 0.3) is 0 Å². The lowest BCUT2D eigenvalue weighted by atomic mass is 9.88. The van der Waals surface area contributed by atoms with Gasteiger partial charge in [0.2, 0.25) is 0 Å². The highest BCUT2D eigenvalue weighted by Crippen LogP contribution is 2.22. The molecule has 0 aliphatic heterocycles. The first-order chi connectivity index (χ1) is 6.16. The van der Waals surface area contributed by atoms with Crippen LogP contribution in [-0.4, -0.2) is 5.78 Å². The summed E-state index contributed by atoms with van der Waals surface area (Å²) in [7, 11) is 0. The summed E-state index contributed by atoms with van der Waals surface area (Å²) in [5.41, 5.74) is 3.41. The quantitative estimate of drug-likeness (QED) is 0.581. The van der Waals surface area contributed by atoms with Crippen LogP contribution in [0.5, 0.6) is 0 Å². The van der Waals surface area contributed by atoms with E-state index in [0.29, 0.717) is 24.0 Å². The van der Waals surface area contributed by atoms with Crippen molar-refractivity contribution < 1.29 is 4.79 Å². The number of aryl methyl sites for hydroxylation is 1. The maximum atomic E-state index is 11.1. The Morgan fingerprint density at radius 1 is 1.00 bits per heavy atom. The minimum atomic E-state index is 0.289. The third-order valence-corrected chi connectivity index (χ3v) is 2.47. The summed E-state index contributed by atoms with van der Waals surface area (Å²) < 4.78 is 0. The van der Waals surface area contributed by atoms with Gasteiger partial charge < -0.3 is 0 Å². The molecule has 0 spiro atoms. The molecule has 1 aromatic carbocycles. The van der Waals surface area contributed by atoms with Crippen molar-refractivity contribution in [2.45, 2.75) is 19.3 Å². The van der Waals surface area contributed by atoms with Crippen molar-refractivity contribution in [1.29, 1.82) is 0 Å². The van der Waals surface area contributed by atoms with E-state index in [-0.39, 0.29) is 5.78 Å². The van der Waals surface area contributed by atoms with Crippen molar-refractivity contribution >= 4 is 5.78 Å². The van der Waals surface area contributed by atoms with E-state index in [9.17, 15) is 4.79 Å². The molecular weight excluding hydrogens is 160 g/mol. The highest BCUT2D eigenvalue weighted by Gasteiger charge is 2.15. The van der Waals surface area contributed by atoms with Crippen LogP contribution in [0.3, 0.4) is 0 Å². The van der Waals surface area contributed by atoms with Gasteiger partial charge in [-0.25, -0.2) is 0 Å². The molecule has 0 saturated heterocycles. The molecule has 1 aromatic rings. The molecule has 0 fully saturated rings.